The molecule has 0 radical (unpaired) electrons. The summed E-state index contributed by atoms with van der Waals surface area (Å²) < 4.78 is 34.1. The molecule has 29 heavy (non-hydrogen) atoms. The monoisotopic (exact) mass is 492 g/mol. The first-order chi connectivity index (χ1) is 13.5. The van der Waals surface area contributed by atoms with Crippen LogP contribution in [0.5, 0.6) is 11.5 Å². The number of hydrogen-bond acceptors (Lipinski definition) is 4. The predicted octanol–water partition coefficient (Wildman–Crippen LogP) is 5.89. The second-order valence-electron chi connectivity index (χ2n) is 6.06. The van der Waals surface area contributed by atoms with E-state index in [1.165, 1.54) is 36.4 Å². The summed E-state index contributed by atoms with van der Waals surface area (Å²) in [6, 6.07) is 11.9. The van der Waals surface area contributed by atoms with E-state index < -0.39 is 26.4 Å². The van der Waals surface area contributed by atoms with Crippen molar-refractivity contribution in [3.8, 4) is 11.5 Å². The highest BCUT2D eigenvalue weighted by atomic mass is 35.5. The molecule has 3 aromatic rings. The molecule has 3 aromatic carbocycles. The molecule has 1 unspecified atom stereocenters. The highest BCUT2D eigenvalue weighted by Crippen LogP contribution is 2.52. The summed E-state index contributed by atoms with van der Waals surface area (Å²) in [4.78, 5) is 0. The number of aromatic hydroxyl groups is 2. The second kappa shape index (κ2) is 7.87. The van der Waals surface area contributed by atoms with Crippen molar-refractivity contribution in [1.82, 2.24) is 0 Å². The van der Waals surface area contributed by atoms with E-state index in [4.69, 9.17) is 46.4 Å². The third-order valence-corrected chi connectivity index (χ3v) is 7.19. The third kappa shape index (κ3) is 3.54. The molecule has 0 spiro atoms. The number of halogens is 4. The molecule has 0 aliphatic carbocycles. The van der Waals surface area contributed by atoms with Crippen LogP contribution in [0.1, 0.15) is 16.7 Å². The standard InChI is InChI=1S/C19H12Cl4O5S/c20-13-6-2-1-4-10(13)19(29(26,27)28,11-5-3-7-16(24)18(11)23)12-8-15(22)17(25)9-14(12)21/h1-9,24-25H,(H,26,27,28). The molecule has 3 N–H and O–H groups in total. The van der Waals surface area contributed by atoms with E-state index in [2.05, 4.69) is 0 Å². The summed E-state index contributed by atoms with van der Waals surface area (Å²) in [6.07, 6.45) is 0. The molecule has 3 rings (SSSR count). The molecule has 0 aliphatic rings. The second-order valence-corrected chi connectivity index (χ2v) is 9.22. The fourth-order valence-electron chi connectivity index (χ4n) is 3.20. The Balaban J connectivity index is 2.66. The molecule has 10 heteroatoms. The summed E-state index contributed by atoms with van der Waals surface area (Å²) in [5.41, 5.74) is -0.510. The Morgan fingerprint density at radius 1 is 0.690 bits per heavy atom. The SMILES string of the molecule is O=S(=O)(O)C(c1ccccc1Cl)(c1cc(Cl)c(O)cc1Cl)c1cccc(O)c1Cl. The number of phenols is 2. The minimum absolute atomic E-state index is 0.0233. The van der Waals surface area contributed by atoms with Crippen LogP contribution in [0.4, 0.5) is 0 Å². The molecule has 1 atom stereocenters. The molecular formula is C19H12Cl4O5S. The van der Waals surface area contributed by atoms with Gasteiger partial charge in [-0.3, -0.25) is 4.55 Å². The first-order valence-corrected chi connectivity index (χ1v) is 10.9. The Bertz CT molecular complexity index is 1210. The summed E-state index contributed by atoms with van der Waals surface area (Å²) in [6.45, 7) is 0. The van der Waals surface area contributed by atoms with Gasteiger partial charge in [-0.15, -0.1) is 0 Å². The fourth-order valence-corrected chi connectivity index (χ4v) is 5.72. The van der Waals surface area contributed by atoms with Crippen molar-refractivity contribution in [3.05, 3.63) is 91.4 Å². The van der Waals surface area contributed by atoms with Gasteiger partial charge in [0.15, 0.2) is 4.75 Å². The van der Waals surface area contributed by atoms with Crippen LogP contribution in [0.3, 0.4) is 0 Å². The maximum absolute atomic E-state index is 13.0. The van der Waals surface area contributed by atoms with Gasteiger partial charge in [0.1, 0.15) is 11.5 Å². The first-order valence-electron chi connectivity index (χ1n) is 7.90. The van der Waals surface area contributed by atoms with Crippen molar-refractivity contribution < 1.29 is 23.2 Å². The van der Waals surface area contributed by atoms with Gasteiger partial charge in [-0.25, -0.2) is 0 Å². The molecule has 0 heterocycles. The van der Waals surface area contributed by atoms with Crippen LogP contribution in [0, 0.1) is 0 Å². The van der Waals surface area contributed by atoms with E-state index in [9.17, 15) is 23.2 Å². The minimum Gasteiger partial charge on any atom is -0.506 e. The highest BCUT2D eigenvalue weighted by molar-refractivity contribution is 7.87. The lowest BCUT2D eigenvalue weighted by Crippen LogP contribution is -2.39. The first kappa shape index (κ1) is 22.0. The van der Waals surface area contributed by atoms with Crippen LogP contribution in [0.2, 0.25) is 20.1 Å². The predicted molar refractivity (Wildman–Crippen MR) is 114 cm³/mol. The van der Waals surface area contributed by atoms with E-state index in [1.807, 2.05) is 0 Å². The van der Waals surface area contributed by atoms with Gasteiger partial charge in [0.25, 0.3) is 10.1 Å². The molecule has 5 nitrogen and oxygen atoms in total. The van der Waals surface area contributed by atoms with Gasteiger partial charge in [-0.1, -0.05) is 76.7 Å². The topological polar surface area (TPSA) is 94.8 Å². The Morgan fingerprint density at radius 2 is 1.31 bits per heavy atom. The highest BCUT2D eigenvalue weighted by Gasteiger charge is 2.52. The normalized spacial score (nSPS) is 13.8. The van der Waals surface area contributed by atoms with Crippen LogP contribution < -0.4 is 0 Å². The summed E-state index contributed by atoms with van der Waals surface area (Å²) in [5.74, 6) is -0.823. The van der Waals surface area contributed by atoms with E-state index in [1.54, 1.807) is 6.07 Å². The van der Waals surface area contributed by atoms with Gasteiger partial charge in [0.2, 0.25) is 0 Å². The minimum atomic E-state index is -5.10. The summed E-state index contributed by atoms with van der Waals surface area (Å²) in [7, 11) is -5.10. The molecule has 0 bridgehead atoms. The van der Waals surface area contributed by atoms with Crippen molar-refractivity contribution in [2.45, 2.75) is 4.75 Å². The lowest BCUT2D eigenvalue weighted by molar-refractivity contribution is 0.455. The van der Waals surface area contributed by atoms with Gasteiger partial charge >= 0.3 is 0 Å². The van der Waals surface area contributed by atoms with Crippen LogP contribution in [0.15, 0.2) is 54.6 Å². The number of benzene rings is 3. The summed E-state index contributed by atoms with van der Waals surface area (Å²) >= 11 is 24.9. The number of hydrogen-bond donors (Lipinski definition) is 3. The molecule has 0 amide bonds. The van der Waals surface area contributed by atoms with E-state index in [-0.39, 0.29) is 36.8 Å². The Kier molecular flexibility index (Phi) is 5.98. The maximum Gasteiger partial charge on any atom is 0.283 e. The number of phenolic OH excluding ortho intramolecular Hbond substituents is 2. The third-order valence-electron chi connectivity index (χ3n) is 4.41. The van der Waals surface area contributed by atoms with Crippen molar-refractivity contribution in [2.75, 3.05) is 0 Å². The largest absolute Gasteiger partial charge is 0.506 e. The maximum atomic E-state index is 13.0. The fraction of sp³-hybridized carbons (Fsp3) is 0.0526. The zero-order chi connectivity index (χ0) is 21.6. The lowest BCUT2D eigenvalue weighted by Gasteiger charge is -2.34. The lowest BCUT2D eigenvalue weighted by atomic mass is 9.83. The van der Waals surface area contributed by atoms with Gasteiger partial charge < -0.3 is 10.2 Å². The zero-order valence-electron chi connectivity index (χ0n) is 14.3. The Hall–Kier alpha value is -1.67. The van der Waals surface area contributed by atoms with Crippen molar-refractivity contribution in [3.63, 3.8) is 0 Å². The van der Waals surface area contributed by atoms with Crippen molar-refractivity contribution in [2.24, 2.45) is 0 Å². The van der Waals surface area contributed by atoms with Crippen LogP contribution in [0.25, 0.3) is 0 Å². The average Bonchev–Trinajstić information content (AvgIpc) is 2.63. The van der Waals surface area contributed by atoms with Gasteiger partial charge in [-0.05, 0) is 18.2 Å². The smallest absolute Gasteiger partial charge is 0.283 e. The van der Waals surface area contributed by atoms with E-state index in [0.29, 0.717) is 0 Å². The van der Waals surface area contributed by atoms with Crippen molar-refractivity contribution in [1.29, 1.82) is 0 Å². The van der Waals surface area contributed by atoms with Crippen molar-refractivity contribution >= 4 is 56.5 Å². The van der Waals surface area contributed by atoms with E-state index in [0.717, 1.165) is 12.1 Å². The molecular weight excluding hydrogens is 482 g/mol. The molecule has 152 valence electrons. The van der Waals surface area contributed by atoms with Gasteiger partial charge in [0, 0.05) is 32.8 Å². The van der Waals surface area contributed by atoms with Crippen LogP contribution in [-0.4, -0.2) is 23.2 Å². The van der Waals surface area contributed by atoms with Crippen LogP contribution in [-0.2, 0) is 14.9 Å². The molecule has 0 saturated heterocycles. The zero-order valence-corrected chi connectivity index (χ0v) is 18.1. The Morgan fingerprint density at radius 3 is 1.93 bits per heavy atom. The Labute approximate surface area is 186 Å². The quantitative estimate of drug-likeness (QED) is 0.311. The van der Waals surface area contributed by atoms with Gasteiger partial charge in [0.05, 0.1) is 10.0 Å². The number of rotatable bonds is 4. The van der Waals surface area contributed by atoms with Gasteiger partial charge in [-0.2, -0.15) is 8.42 Å². The molecule has 0 aliphatic heterocycles. The molecule has 0 fully saturated rings. The van der Waals surface area contributed by atoms with Crippen LogP contribution >= 0.6 is 46.4 Å². The van der Waals surface area contributed by atoms with E-state index >= 15 is 0 Å². The molecule has 0 aromatic heterocycles. The summed E-state index contributed by atoms with van der Waals surface area (Å²) in [5, 5.41) is 19.2. The molecule has 0 saturated carbocycles. The average molecular weight is 494 g/mol.